The topological polar surface area (TPSA) is 66.5 Å². The van der Waals surface area contributed by atoms with Crippen LogP contribution in [0.15, 0.2) is 77.7 Å². The SMILES string of the molecule is CC(C)c1ccccc1N1C(=O)CS[C@H]1c1ccc(NS(=O)(=O)c2ccc(F)cc2)cc1. The summed E-state index contributed by atoms with van der Waals surface area (Å²) in [6, 6.07) is 19.6. The quantitative estimate of drug-likeness (QED) is 0.515. The number of halogens is 1. The molecular weight excluding hydrogens is 447 g/mol. The van der Waals surface area contributed by atoms with Crippen molar-refractivity contribution < 1.29 is 17.6 Å². The highest BCUT2D eigenvalue weighted by Crippen LogP contribution is 2.44. The van der Waals surface area contributed by atoms with Crippen LogP contribution in [-0.4, -0.2) is 20.1 Å². The molecule has 0 spiro atoms. The van der Waals surface area contributed by atoms with Crippen LogP contribution >= 0.6 is 11.8 Å². The Morgan fingerprint density at radius 3 is 2.31 bits per heavy atom. The van der Waals surface area contributed by atoms with Crippen LogP contribution in [0.1, 0.15) is 36.3 Å². The zero-order valence-electron chi connectivity index (χ0n) is 17.7. The van der Waals surface area contributed by atoms with Gasteiger partial charge in [0.2, 0.25) is 5.91 Å². The van der Waals surface area contributed by atoms with Crippen molar-refractivity contribution in [1.29, 1.82) is 0 Å². The second kappa shape index (κ2) is 8.96. The van der Waals surface area contributed by atoms with E-state index in [2.05, 4.69) is 18.6 Å². The van der Waals surface area contributed by atoms with Crippen LogP contribution in [0.5, 0.6) is 0 Å². The van der Waals surface area contributed by atoms with E-state index in [9.17, 15) is 17.6 Å². The molecule has 4 rings (SSSR count). The van der Waals surface area contributed by atoms with E-state index >= 15 is 0 Å². The van der Waals surface area contributed by atoms with Crippen molar-refractivity contribution in [3.63, 3.8) is 0 Å². The van der Waals surface area contributed by atoms with Crippen molar-refractivity contribution in [1.82, 2.24) is 0 Å². The minimum Gasteiger partial charge on any atom is -0.295 e. The van der Waals surface area contributed by atoms with Gasteiger partial charge < -0.3 is 0 Å². The van der Waals surface area contributed by atoms with Crippen molar-refractivity contribution in [3.05, 3.63) is 89.7 Å². The lowest BCUT2D eigenvalue weighted by Crippen LogP contribution is -2.29. The largest absolute Gasteiger partial charge is 0.295 e. The van der Waals surface area contributed by atoms with E-state index in [-0.39, 0.29) is 22.1 Å². The zero-order chi connectivity index (χ0) is 22.9. The first-order chi connectivity index (χ1) is 15.3. The normalized spacial score (nSPS) is 16.6. The van der Waals surface area contributed by atoms with E-state index in [1.807, 2.05) is 41.3 Å². The predicted octanol–water partition coefficient (Wildman–Crippen LogP) is 5.53. The first kappa shape index (κ1) is 22.4. The van der Waals surface area contributed by atoms with E-state index in [0.717, 1.165) is 28.9 Å². The standard InChI is InChI=1S/C24H23FN2O3S2/c1-16(2)21-5-3-4-6-22(21)27-23(28)15-31-24(27)17-7-11-19(12-8-17)26-32(29,30)20-13-9-18(25)10-14-20/h3-14,16,24,26H,15H2,1-2H3/t24-/m0/s1. The molecule has 0 unspecified atom stereocenters. The van der Waals surface area contributed by atoms with Gasteiger partial charge in [-0.3, -0.25) is 14.4 Å². The second-order valence-electron chi connectivity index (χ2n) is 7.82. The third-order valence-corrected chi connectivity index (χ3v) is 7.87. The van der Waals surface area contributed by atoms with Crippen LogP contribution in [0.3, 0.4) is 0 Å². The average molecular weight is 471 g/mol. The number of benzene rings is 3. The number of nitrogens with one attached hydrogen (secondary N) is 1. The number of hydrogen-bond acceptors (Lipinski definition) is 4. The molecular formula is C24H23FN2O3S2. The molecule has 32 heavy (non-hydrogen) atoms. The molecule has 0 saturated carbocycles. The number of thioether (sulfide) groups is 1. The summed E-state index contributed by atoms with van der Waals surface area (Å²) in [5, 5.41) is -0.190. The molecule has 1 N–H and O–H groups in total. The second-order valence-corrected chi connectivity index (χ2v) is 10.6. The summed E-state index contributed by atoms with van der Waals surface area (Å²) in [5.41, 5.74) is 3.31. The van der Waals surface area contributed by atoms with Gasteiger partial charge in [0.25, 0.3) is 10.0 Å². The number of amides is 1. The first-order valence-electron chi connectivity index (χ1n) is 10.2. The molecule has 3 aromatic carbocycles. The molecule has 1 fully saturated rings. The molecule has 3 aromatic rings. The third-order valence-electron chi connectivity index (χ3n) is 5.26. The molecule has 166 valence electrons. The number of para-hydroxylation sites is 1. The molecule has 1 saturated heterocycles. The van der Waals surface area contributed by atoms with Crippen molar-refractivity contribution >= 4 is 39.1 Å². The van der Waals surface area contributed by atoms with E-state index in [4.69, 9.17) is 0 Å². The number of nitrogens with zero attached hydrogens (tertiary/aromatic N) is 1. The summed E-state index contributed by atoms with van der Waals surface area (Å²) < 4.78 is 40.7. The van der Waals surface area contributed by atoms with Gasteiger partial charge in [-0.2, -0.15) is 0 Å². The Balaban J connectivity index is 1.58. The molecule has 0 aromatic heterocycles. The van der Waals surface area contributed by atoms with E-state index in [1.54, 1.807) is 23.9 Å². The highest BCUT2D eigenvalue weighted by Gasteiger charge is 2.35. The number of carbonyl (C=O) groups is 1. The summed E-state index contributed by atoms with van der Waals surface area (Å²) in [6.45, 7) is 4.20. The lowest BCUT2D eigenvalue weighted by Gasteiger charge is -2.27. The summed E-state index contributed by atoms with van der Waals surface area (Å²) >= 11 is 1.55. The summed E-state index contributed by atoms with van der Waals surface area (Å²) in [4.78, 5) is 14.6. The van der Waals surface area contributed by atoms with Crippen LogP contribution in [0.2, 0.25) is 0 Å². The predicted molar refractivity (Wildman–Crippen MR) is 127 cm³/mol. The highest BCUT2D eigenvalue weighted by atomic mass is 32.2. The van der Waals surface area contributed by atoms with Crippen LogP contribution in [0.4, 0.5) is 15.8 Å². The molecule has 1 atom stereocenters. The Labute approximate surface area is 191 Å². The number of rotatable bonds is 6. The molecule has 1 heterocycles. The Kier molecular flexibility index (Phi) is 6.26. The third kappa shape index (κ3) is 4.52. The lowest BCUT2D eigenvalue weighted by atomic mass is 10.00. The zero-order valence-corrected chi connectivity index (χ0v) is 19.3. The van der Waals surface area contributed by atoms with Gasteiger partial charge in [-0.25, -0.2) is 12.8 Å². The van der Waals surface area contributed by atoms with Crippen molar-refractivity contribution in [2.24, 2.45) is 0 Å². The smallest absolute Gasteiger partial charge is 0.261 e. The van der Waals surface area contributed by atoms with Gasteiger partial charge in [0, 0.05) is 11.4 Å². The molecule has 0 bridgehead atoms. The van der Waals surface area contributed by atoms with Crippen LogP contribution in [0, 0.1) is 5.82 Å². The van der Waals surface area contributed by atoms with Gasteiger partial charge in [-0.05, 0) is 59.5 Å². The number of sulfonamides is 1. The summed E-state index contributed by atoms with van der Waals surface area (Å²) in [7, 11) is -3.83. The van der Waals surface area contributed by atoms with Crippen molar-refractivity contribution in [3.8, 4) is 0 Å². The number of carbonyl (C=O) groups excluding carboxylic acids is 1. The average Bonchev–Trinajstić information content (AvgIpc) is 3.15. The van der Waals surface area contributed by atoms with E-state index < -0.39 is 15.8 Å². The van der Waals surface area contributed by atoms with E-state index in [0.29, 0.717) is 11.4 Å². The monoisotopic (exact) mass is 470 g/mol. The number of hydrogen-bond donors (Lipinski definition) is 1. The van der Waals surface area contributed by atoms with Crippen LogP contribution in [0.25, 0.3) is 0 Å². The Morgan fingerprint density at radius 2 is 1.66 bits per heavy atom. The summed E-state index contributed by atoms with van der Waals surface area (Å²) in [6.07, 6.45) is 0. The minimum atomic E-state index is -3.83. The molecule has 0 radical (unpaired) electrons. The van der Waals surface area contributed by atoms with Crippen LogP contribution in [-0.2, 0) is 14.8 Å². The van der Waals surface area contributed by atoms with Gasteiger partial charge in [-0.1, -0.05) is 44.2 Å². The van der Waals surface area contributed by atoms with Crippen molar-refractivity contribution in [2.45, 2.75) is 30.0 Å². The Bertz CT molecular complexity index is 1230. The first-order valence-corrected chi connectivity index (χ1v) is 12.7. The van der Waals surface area contributed by atoms with Crippen LogP contribution < -0.4 is 9.62 Å². The van der Waals surface area contributed by atoms with Gasteiger partial charge in [0.1, 0.15) is 11.2 Å². The minimum absolute atomic E-state index is 0.0172. The fraction of sp³-hybridized carbons (Fsp3) is 0.208. The van der Waals surface area contributed by atoms with Gasteiger partial charge >= 0.3 is 0 Å². The Hall–Kier alpha value is -2.84. The maximum atomic E-state index is 13.1. The lowest BCUT2D eigenvalue weighted by molar-refractivity contribution is -0.115. The van der Waals surface area contributed by atoms with Gasteiger partial charge in [-0.15, -0.1) is 11.8 Å². The molecule has 0 aliphatic carbocycles. The fourth-order valence-electron chi connectivity index (χ4n) is 3.67. The van der Waals surface area contributed by atoms with Crippen molar-refractivity contribution in [2.75, 3.05) is 15.4 Å². The van der Waals surface area contributed by atoms with Gasteiger partial charge in [0.15, 0.2) is 0 Å². The highest BCUT2D eigenvalue weighted by molar-refractivity contribution is 8.00. The summed E-state index contributed by atoms with van der Waals surface area (Å²) in [5.74, 6) is 0.207. The number of anilines is 2. The molecule has 1 aliphatic heterocycles. The molecule has 1 aliphatic rings. The van der Waals surface area contributed by atoms with E-state index in [1.165, 1.54) is 12.1 Å². The molecule has 8 heteroatoms. The van der Waals surface area contributed by atoms with Gasteiger partial charge in [0.05, 0.1) is 10.6 Å². The fourth-order valence-corrected chi connectivity index (χ4v) is 5.90. The Morgan fingerprint density at radius 1 is 1.00 bits per heavy atom. The molecule has 1 amide bonds. The molecule has 5 nitrogen and oxygen atoms in total. The maximum absolute atomic E-state index is 13.1. The maximum Gasteiger partial charge on any atom is 0.261 e.